The van der Waals surface area contributed by atoms with Gasteiger partial charge in [-0.1, -0.05) is 149 Å². The predicted molar refractivity (Wildman–Crippen MR) is 253 cm³/mol. The van der Waals surface area contributed by atoms with Crippen molar-refractivity contribution in [1.82, 2.24) is 4.57 Å². The highest BCUT2D eigenvalue weighted by molar-refractivity contribution is 6.10. The van der Waals surface area contributed by atoms with E-state index in [2.05, 4.69) is 219 Å². The predicted octanol–water partition coefficient (Wildman–Crippen LogP) is 15.5. The number of hydrogen-bond donors (Lipinski definition) is 0. The first-order chi connectivity index (χ1) is 29.3. The summed E-state index contributed by atoms with van der Waals surface area (Å²) < 4.78 is 2.40. The topological polar surface area (TPSA) is 8.17 Å². The molecular formula is C58H46N2. The zero-order valence-electron chi connectivity index (χ0n) is 34.6. The normalized spacial score (nSPS) is 15.1. The molecule has 2 nitrogen and oxygen atoms in total. The molecule has 60 heavy (non-hydrogen) atoms. The van der Waals surface area contributed by atoms with Gasteiger partial charge in [-0.3, -0.25) is 0 Å². The third kappa shape index (κ3) is 4.94. The molecule has 3 aliphatic carbocycles. The fourth-order valence-electron chi connectivity index (χ4n) is 11.1. The summed E-state index contributed by atoms with van der Waals surface area (Å²) in [5.41, 5.74) is 23.2. The van der Waals surface area contributed by atoms with Gasteiger partial charge in [0.2, 0.25) is 0 Å². The third-order valence-corrected chi connectivity index (χ3v) is 14.1. The Balaban J connectivity index is 1.06. The van der Waals surface area contributed by atoms with Gasteiger partial charge in [-0.2, -0.15) is 0 Å². The molecule has 0 atom stereocenters. The maximum atomic E-state index is 2.55. The maximum absolute atomic E-state index is 2.55. The quantitative estimate of drug-likeness (QED) is 0.169. The Morgan fingerprint density at radius 2 is 1.03 bits per heavy atom. The van der Waals surface area contributed by atoms with Crippen LogP contribution in [0.25, 0.3) is 66.9 Å². The molecule has 9 aromatic rings. The van der Waals surface area contributed by atoms with Crippen molar-refractivity contribution in [2.75, 3.05) is 4.90 Å². The molecule has 1 aromatic heterocycles. The third-order valence-electron chi connectivity index (χ3n) is 14.1. The summed E-state index contributed by atoms with van der Waals surface area (Å²) in [5.74, 6) is 0. The van der Waals surface area contributed by atoms with Crippen LogP contribution in [0.3, 0.4) is 0 Å². The molecule has 0 bridgehead atoms. The first-order valence-electron chi connectivity index (χ1n) is 21.5. The molecule has 288 valence electrons. The molecule has 3 aliphatic rings. The van der Waals surface area contributed by atoms with Crippen LogP contribution in [0.1, 0.15) is 67.5 Å². The van der Waals surface area contributed by atoms with E-state index >= 15 is 0 Å². The first-order valence-corrected chi connectivity index (χ1v) is 21.5. The summed E-state index contributed by atoms with van der Waals surface area (Å²) in [7, 11) is 0. The van der Waals surface area contributed by atoms with Crippen LogP contribution in [-0.2, 0) is 17.3 Å². The van der Waals surface area contributed by atoms with Gasteiger partial charge in [0.25, 0.3) is 0 Å². The van der Waals surface area contributed by atoms with Crippen LogP contribution in [-0.4, -0.2) is 4.57 Å². The van der Waals surface area contributed by atoms with Crippen LogP contribution in [0.2, 0.25) is 0 Å². The molecular weight excluding hydrogens is 725 g/mol. The van der Waals surface area contributed by atoms with Gasteiger partial charge < -0.3 is 9.47 Å². The largest absolute Gasteiger partial charge is 0.310 e. The molecule has 0 aliphatic heterocycles. The van der Waals surface area contributed by atoms with Crippen molar-refractivity contribution in [2.45, 2.75) is 51.4 Å². The van der Waals surface area contributed by atoms with Crippen molar-refractivity contribution in [2.24, 2.45) is 0 Å². The Morgan fingerprint density at radius 3 is 1.72 bits per heavy atom. The summed E-state index contributed by atoms with van der Waals surface area (Å²) >= 11 is 0. The molecule has 0 saturated carbocycles. The second-order valence-corrected chi connectivity index (χ2v) is 18.0. The van der Waals surface area contributed by atoms with Crippen molar-refractivity contribution < 1.29 is 0 Å². The van der Waals surface area contributed by atoms with Crippen molar-refractivity contribution >= 4 is 44.9 Å². The number of allylic oxidation sites excluding steroid dienone is 1. The maximum Gasteiger partial charge on any atom is 0.0541 e. The van der Waals surface area contributed by atoms with Crippen molar-refractivity contribution in [3.05, 3.63) is 209 Å². The van der Waals surface area contributed by atoms with Crippen LogP contribution in [0, 0.1) is 0 Å². The number of aromatic nitrogens is 1. The van der Waals surface area contributed by atoms with Crippen molar-refractivity contribution in [1.29, 1.82) is 0 Å². The molecule has 2 heteroatoms. The minimum absolute atomic E-state index is 0.110. The minimum atomic E-state index is -0.110. The number of hydrogen-bond acceptors (Lipinski definition) is 1. The molecule has 1 heterocycles. The van der Waals surface area contributed by atoms with E-state index in [4.69, 9.17) is 0 Å². The average molecular weight is 771 g/mol. The van der Waals surface area contributed by atoms with Gasteiger partial charge in [0.05, 0.1) is 16.7 Å². The Bertz CT molecular complexity index is 3160. The van der Waals surface area contributed by atoms with E-state index in [1.54, 1.807) is 0 Å². The molecule has 12 rings (SSSR count). The van der Waals surface area contributed by atoms with Crippen LogP contribution < -0.4 is 4.90 Å². The number of rotatable bonds is 5. The van der Waals surface area contributed by atoms with Crippen LogP contribution in [0.5, 0.6) is 0 Å². The van der Waals surface area contributed by atoms with Gasteiger partial charge in [0.1, 0.15) is 0 Å². The van der Waals surface area contributed by atoms with E-state index in [-0.39, 0.29) is 10.8 Å². The lowest BCUT2D eigenvalue weighted by Crippen LogP contribution is -2.18. The smallest absolute Gasteiger partial charge is 0.0541 e. The number of benzene rings is 8. The van der Waals surface area contributed by atoms with Gasteiger partial charge >= 0.3 is 0 Å². The Morgan fingerprint density at radius 1 is 0.467 bits per heavy atom. The van der Waals surface area contributed by atoms with Crippen molar-refractivity contribution in [3.8, 4) is 39.1 Å². The van der Waals surface area contributed by atoms with E-state index in [0.717, 1.165) is 12.8 Å². The van der Waals surface area contributed by atoms with Crippen LogP contribution in [0.4, 0.5) is 17.1 Å². The lowest BCUT2D eigenvalue weighted by molar-refractivity contribution is 0.660. The molecule has 0 saturated heterocycles. The minimum Gasteiger partial charge on any atom is -0.310 e. The highest BCUT2D eigenvalue weighted by Crippen LogP contribution is 2.54. The van der Waals surface area contributed by atoms with Crippen LogP contribution in [0.15, 0.2) is 176 Å². The summed E-state index contributed by atoms with van der Waals surface area (Å²) in [6.07, 6.45) is 6.78. The van der Waals surface area contributed by atoms with Gasteiger partial charge in [0.15, 0.2) is 0 Å². The average Bonchev–Trinajstić information content (AvgIpc) is 3.83. The van der Waals surface area contributed by atoms with Gasteiger partial charge in [0, 0.05) is 44.2 Å². The number of nitrogens with zero attached hydrogens (tertiary/aromatic N) is 2. The Kier molecular flexibility index (Phi) is 7.48. The van der Waals surface area contributed by atoms with E-state index in [1.807, 2.05) is 0 Å². The highest BCUT2D eigenvalue weighted by atomic mass is 15.1. The summed E-state index contributed by atoms with van der Waals surface area (Å²) in [6, 6.07) is 63.8. The second-order valence-electron chi connectivity index (χ2n) is 18.0. The monoisotopic (exact) mass is 770 g/mol. The summed E-state index contributed by atoms with van der Waals surface area (Å²) in [5, 5.41) is 2.55. The Hall–Kier alpha value is -6.90. The molecule has 0 spiro atoms. The van der Waals surface area contributed by atoms with Gasteiger partial charge in [-0.15, -0.1) is 0 Å². The molecule has 0 amide bonds. The van der Waals surface area contributed by atoms with Gasteiger partial charge in [-0.25, -0.2) is 0 Å². The lowest BCUT2D eigenvalue weighted by atomic mass is 9.82. The molecule has 8 aromatic carbocycles. The standard InChI is InChI=1S/C58H46N2/c1-57(2)50-23-13-10-19-43(50)45-29-27-39(35-52(45)57)59(40-28-30-46-44-20-11-14-24-51(44)58(3,4)53(46)36-40)55-33-31-41(42-18-8-9-21-47(42)55)37-26-32-56-49(34-37)48-22-12-15-25-54(48)60(56)38-16-6-5-7-17-38/h5-7,9-17,19-36H,8,18H2,1-4H3. The highest BCUT2D eigenvalue weighted by Gasteiger charge is 2.38. The zero-order chi connectivity index (χ0) is 40.3. The molecule has 0 fully saturated rings. The summed E-state index contributed by atoms with van der Waals surface area (Å²) in [4.78, 5) is 2.55. The van der Waals surface area contributed by atoms with E-state index in [0.29, 0.717) is 0 Å². The lowest BCUT2D eigenvalue weighted by Gasteiger charge is -2.32. The van der Waals surface area contributed by atoms with E-state index in [1.165, 1.54) is 111 Å². The number of fused-ring (bicyclic) bond motifs is 10. The second kappa shape index (κ2) is 12.8. The SMILES string of the molecule is CC1(C)c2ccccc2-c2ccc(N(c3ccc4c(c3)C(C)(C)c3ccccc3-4)c3ccc(-c4ccc5c(c4)c4ccccc4n5-c4ccccc4)c4c3C=CCC4)cc21. The molecule has 0 radical (unpaired) electrons. The fraction of sp³-hybridized carbons (Fsp3) is 0.138. The Labute approximate surface area is 352 Å². The number of anilines is 3. The fourth-order valence-corrected chi connectivity index (χ4v) is 11.1. The van der Waals surface area contributed by atoms with E-state index < -0.39 is 0 Å². The van der Waals surface area contributed by atoms with E-state index in [9.17, 15) is 0 Å². The summed E-state index contributed by atoms with van der Waals surface area (Å²) in [6.45, 7) is 9.53. The first kappa shape index (κ1) is 35.1. The van der Waals surface area contributed by atoms with Gasteiger partial charge in [-0.05, 0) is 135 Å². The number of para-hydroxylation sites is 2. The molecule has 0 N–H and O–H groups in total. The van der Waals surface area contributed by atoms with Crippen LogP contribution >= 0.6 is 0 Å². The molecule has 0 unspecified atom stereocenters. The van der Waals surface area contributed by atoms with Crippen molar-refractivity contribution in [3.63, 3.8) is 0 Å². The zero-order valence-corrected chi connectivity index (χ0v) is 34.6.